The number of hydrogen-bond donors (Lipinski definition) is 2. The average Bonchev–Trinajstić information content (AvgIpc) is 3.18. The van der Waals surface area contributed by atoms with E-state index >= 15 is 0 Å². The zero-order chi connectivity index (χ0) is 20.1. The topological polar surface area (TPSA) is 71.7 Å². The lowest BCUT2D eigenvalue weighted by Crippen LogP contribution is -2.13. The maximum Gasteiger partial charge on any atom is 0.255 e. The second kappa shape index (κ2) is 8.95. The van der Waals surface area contributed by atoms with Gasteiger partial charge in [-0.25, -0.2) is 0 Å². The zero-order valence-electron chi connectivity index (χ0n) is 15.7. The molecule has 0 saturated heterocycles. The number of rotatable bonds is 7. The summed E-state index contributed by atoms with van der Waals surface area (Å²) in [6.07, 6.45) is 0.962. The maximum atomic E-state index is 12.6. The summed E-state index contributed by atoms with van der Waals surface area (Å²) < 4.78 is 11.3. The summed E-state index contributed by atoms with van der Waals surface area (Å²) >= 11 is 6.27. The van der Waals surface area contributed by atoms with Gasteiger partial charge in [0.2, 0.25) is 0 Å². The van der Waals surface area contributed by atoms with E-state index in [4.69, 9.17) is 25.9 Å². The SMILES string of the molecule is CC[C@@H](C)Oc1cccc(C(=O)Nc2ccc(Cl)c(-c3ccc(CO)o3)c2)c1. The highest BCUT2D eigenvalue weighted by molar-refractivity contribution is 6.33. The van der Waals surface area contributed by atoms with E-state index in [0.29, 0.717) is 39.1 Å². The smallest absolute Gasteiger partial charge is 0.255 e. The third-order valence-corrected chi connectivity index (χ3v) is 4.65. The molecule has 28 heavy (non-hydrogen) atoms. The molecule has 3 aromatic rings. The van der Waals surface area contributed by atoms with Gasteiger partial charge in [-0.15, -0.1) is 0 Å². The van der Waals surface area contributed by atoms with Gasteiger partial charge in [-0.1, -0.05) is 24.6 Å². The van der Waals surface area contributed by atoms with Gasteiger partial charge in [0, 0.05) is 16.8 Å². The highest BCUT2D eigenvalue weighted by Gasteiger charge is 2.13. The number of benzene rings is 2. The first-order valence-corrected chi connectivity index (χ1v) is 9.45. The first-order chi connectivity index (χ1) is 13.5. The number of hydrogen-bond acceptors (Lipinski definition) is 4. The number of anilines is 1. The molecule has 0 aliphatic rings. The van der Waals surface area contributed by atoms with Crippen LogP contribution in [0.2, 0.25) is 5.02 Å². The van der Waals surface area contributed by atoms with Gasteiger partial charge in [0.25, 0.3) is 5.91 Å². The lowest BCUT2D eigenvalue weighted by atomic mass is 10.1. The van der Waals surface area contributed by atoms with E-state index in [9.17, 15) is 4.79 Å². The van der Waals surface area contributed by atoms with E-state index in [-0.39, 0.29) is 18.6 Å². The predicted molar refractivity (Wildman–Crippen MR) is 110 cm³/mol. The Balaban J connectivity index is 1.79. The van der Waals surface area contributed by atoms with E-state index < -0.39 is 0 Å². The molecule has 146 valence electrons. The molecule has 0 spiro atoms. The summed E-state index contributed by atoms with van der Waals surface area (Å²) in [6, 6.07) is 15.6. The Kier molecular flexibility index (Phi) is 6.39. The standard InChI is InChI=1S/C22H22ClNO4/c1-3-14(2)27-17-6-4-5-15(11-17)22(26)24-16-7-9-20(23)19(12-16)21-10-8-18(13-25)28-21/h4-12,14,25H,3,13H2,1-2H3,(H,24,26)/t14-/m1/s1. The average molecular weight is 400 g/mol. The second-order valence-corrected chi connectivity index (χ2v) is 6.84. The molecule has 5 nitrogen and oxygen atoms in total. The number of ether oxygens (including phenoxy) is 1. The largest absolute Gasteiger partial charge is 0.491 e. The lowest BCUT2D eigenvalue weighted by molar-refractivity contribution is 0.102. The van der Waals surface area contributed by atoms with Gasteiger partial charge in [0.1, 0.15) is 23.9 Å². The van der Waals surface area contributed by atoms with Crippen LogP contribution in [0.3, 0.4) is 0 Å². The van der Waals surface area contributed by atoms with Crippen molar-refractivity contribution < 1.29 is 19.1 Å². The third kappa shape index (κ3) is 4.74. The molecular formula is C22H22ClNO4. The van der Waals surface area contributed by atoms with Crippen LogP contribution < -0.4 is 10.1 Å². The predicted octanol–water partition coefficient (Wildman–Crippen LogP) is 5.52. The fourth-order valence-corrected chi connectivity index (χ4v) is 2.84. The van der Waals surface area contributed by atoms with E-state index in [2.05, 4.69) is 5.32 Å². The maximum absolute atomic E-state index is 12.6. The van der Waals surface area contributed by atoms with Gasteiger partial charge in [0.15, 0.2) is 0 Å². The first-order valence-electron chi connectivity index (χ1n) is 9.07. The quantitative estimate of drug-likeness (QED) is 0.548. The van der Waals surface area contributed by atoms with Crippen LogP contribution in [0.25, 0.3) is 11.3 Å². The summed E-state index contributed by atoms with van der Waals surface area (Å²) in [7, 11) is 0. The van der Waals surface area contributed by atoms with Crippen molar-refractivity contribution in [3.63, 3.8) is 0 Å². The van der Waals surface area contributed by atoms with Crippen LogP contribution in [0.15, 0.2) is 59.0 Å². The van der Waals surface area contributed by atoms with Crippen molar-refractivity contribution in [2.75, 3.05) is 5.32 Å². The number of halogens is 1. The van der Waals surface area contributed by atoms with Crippen molar-refractivity contribution in [1.29, 1.82) is 0 Å². The minimum absolute atomic E-state index is 0.0780. The molecule has 0 unspecified atom stereocenters. The van der Waals surface area contributed by atoms with Crippen LogP contribution in [0.4, 0.5) is 5.69 Å². The molecule has 6 heteroatoms. The Bertz CT molecular complexity index is 967. The third-order valence-electron chi connectivity index (χ3n) is 4.32. The van der Waals surface area contributed by atoms with Crippen molar-refractivity contribution in [2.24, 2.45) is 0 Å². The van der Waals surface area contributed by atoms with E-state index in [1.807, 2.05) is 19.9 Å². The molecule has 0 bridgehead atoms. The van der Waals surface area contributed by atoms with Gasteiger partial charge in [0.05, 0.1) is 11.1 Å². The summed E-state index contributed by atoms with van der Waals surface area (Å²) in [6.45, 7) is 3.84. The number of carbonyl (C=O) groups excluding carboxylic acids is 1. The summed E-state index contributed by atoms with van der Waals surface area (Å²) in [5.74, 6) is 1.37. The molecule has 1 atom stereocenters. The highest BCUT2D eigenvalue weighted by Crippen LogP contribution is 2.32. The van der Waals surface area contributed by atoms with Crippen LogP contribution in [0.5, 0.6) is 5.75 Å². The molecule has 0 aliphatic heterocycles. The molecule has 1 amide bonds. The molecule has 0 saturated carbocycles. The van der Waals surface area contributed by atoms with Crippen LogP contribution in [-0.2, 0) is 6.61 Å². The second-order valence-electron chi connectivity index (χ2n) is 6.44. The molecular weight excluding hydrogens is 378 g/mol. The molecule has 1 heterocycles. The van der Waals surface area contributed by atoms with Crippen molar-refractivity contribution in [1.82, 2.24) is 0 Å². The number of nitrogens with one attached hydrogen (secondary N) is 1. The number of aliphatic hydroxyl groups is 1. The van der Waals surface area contributed by atoms with Gasteiger partial charge in [-0.2, -0.15) is 0 Å². The van der Waals surface area contributed by atoms with Gasteiger partial charge in [-0.3, -0.25) is 4.79 Å². The van der Waals surface area contributed by atoms with Crippen molar-refractivity contribution in [2.45, 2.75) is 33.0 Å². The van der Waals surface area contributed by atoms with Crippen molar-refractivity contribution in [3.05, 3.63) is 70.9 Å². The normalized spacial score (nSPS) is 11.9. The fraction of sp³-hybridized carbons (Fsp3) is 0.227. The number of aliphatic hydroxyl groups excluding tert-OH is 1. The van der Waals surface area contributed by atoms with Crippen LogP contribution >= 0.6 is 11.6 Å². The van der Waals surface area contributed by atoms with E-state index in [0.717, 1.165) is 6.42 Å². The molecule has 1 aromatic heterocycles. The van der Waals surface area contributed by atoms with E-state index in [1.54, 1.807) is 48.5 Å². The summed E-state index contributed by atoms with van der Waals surface area (Å²) in [4.78, 5) is 12.6. The molecule has 2 aromatic carbocycles. The van der Waals surface area contributed by atoms with Gasteiger partial charge < -0.3 is 19.6 Å². The molecule has 2 N–H and O–H groups in total. The molecule has 0 fully saturated rings. The Morgan fingerprint density at radius 2 is 2.04 bits per heavy atom. The highest BCUT2D eigenvalue weighted by atomic mass is 35.5. The summed E-state index contributed by atoms with van der Waals surface area (Å²) in [5.41, 5.74) is 1.71. The number of carbonyl (C=O) groups is 1. The number of furan rings is 1. The Labute approximate surface area is 168 Å². The monoisotopic (exact) mass is 399 g/mol. The van der Waals surface area contributed by atoms with E-state index in [1.165, 1.54) is 0 Å². The zero-order valence-corrected chi connectivity index (χ0v) is 16.5. The van der Waals surface area contributed by atoms with Crippen LogP contribution in [0.1, 0.15) is 36.4 Å². The van der Waals surface area contributed by atoms with Crippen molar-refractivity contribution >= 4 is 23.2 Å². The van der Waals surface area contributed by atoms with Crippen LogP contribution in [-0.4, -0.2) is 17.1 Å². The lowest BCUT2D eigenvalue weighted by Gasteiger charge is -2.13. The Hall–Kier alpha value is -2.76. The van der Waals surface area contributed by atoms with Crippen molar-refractivity contribution in [3.8, 4) is 17.1 Å². The minimum Gasteiger partial charge on any atom is -0.491 e. The number of amides is 1. The van der Waals surface area contributed by atoms with Gasteiger partial charge in [-0.05, 0) is 61.9 Å². The minimum atomic E-state index is -0.252. The molecule has 0 radical (unpaired) electrons. The first kappa shape index (κ1) is 20.0. The Morgan fingerprint density at radius 1 is 1.21 bits per heavy atom. The Morgan fingerprint density at radius 3 is 2.75 bits per heavy atom. The van der Waals surface area contributed by atoms with Gasteiger partial charge >= 0.3 is 0 Å². The summed E-state index contributed by atoms with van der Waals surface area (Å²) in [5, 5.41) is 12.5. The fourth-order valence-electron chi connectivity index (χ4n) is 2.63. The molecule has 0 aliphatic carbocycles. The van der Waals surface area contributed by atoms with Crippen LogP contribution in [0, 0.1) is 0 Å². The molecule has 3 rings (SSSR count).